The molecule has 1 atom stereocenters. The third-order valence-electron chi connectivity index (χ3n) is 5.05. The monoisotopic (exact) mass is 338 g/mol. The zero-order chi connectivity index (χ0) is 17.3. The number of nitrogens with one attached hydrogen (secondary N) is 1. The lowest BCUT2D eigenvalue weighted by Crippen LogP contribution is -2.13. The highest BCUT2D eigenvalue weighted by atomic mass is 32.1. The van der Waals surface area contributed by atoms with Gasteiger partial charge in [-0.15, -0.1) is 11.3 Å². The number of rotatable bonds is 3. The first kappa shape index (κ1) is 16.7. The fourth-order valence-electron chi connectivity index (χ4n) is 3.27. The Bertz CT molecular complexity index is 829. The van der Waals surface area contributed by atoms with Gasteiger partial charge in [-0.3, -0.25) is 4.79 Å². The van der Waals surface area contributed by atoms with Crippen LogP contribution in [0.15, 0.2) is 18.2 Å². The van der Waals surface area contributed by atoms with Crippen molar-refractivity contribution < 1.29 is 4.79 Å². The Kier molecular flexibility index (Phi) is 4.73. The maximum Gasteiger partial charge on any atom is 0.256 e. The number of hydrogen-bond acceptors (Lipinski definition) is 3. The predicted molar refractivity (Wildman–Crippen MR) is 98.7 cm³/mol. The van der Waals surface area contributed by atoms with Gasteiger partial charge in [-0.1, -0.05) is 19.4 Å². The molecule has 1 amide bonds. The van der Waals surface area contributed by atoms with Crippen LogP contribution in [0.25, 0.3) is 0 Å². The average molecular weight is 338 g/mol. The van der Waals surface area contributed by atoms with Crippen molar-refractivity contribution in [2.75, 3.05) is 5.32 Å². The Morgan fingerprint density at radius 1 is 1.38 bits per heavy atom. The third kappa shape index (κ3) is 3.09. The second-order valence-corrected chi connectivity index (χ2v) is 7.70. The van der Waals surface area contributed by atoms with Crippen LogP contribution in [0.2, 0.25) is 0 Å². The molecule has 1 aromatic heterocycles. The van der Waals surface area contributed by atoms with Crippen LogP contribution in [0, 0.1) is 31.1 Å². The van der Waals surface area contributed by atoms with Crippen molar-refractivity contribution in [1.29, 1.82) is 5.26 Å². The van der Waals surface area contributed by atoms with Gasteiger partial charge in [0, 0.05) is 10.4 Å². The summed E-state index contributed by atoms with van der Waals surface area (Å²) in [7, 11) is 0. The predicted octanol–water partition coefficient (Wildman–Crippen LogP) is 5.00. The standard InChI is InChI=1S/C20H22N2OS/c1-4-14-6-8-16-17(11-21)20(24-18(16)10-14)22-19(23)15-7-5-12(2)13(3)9-15/h5,7,9,14H,4,6,8,10H2,1-3H3,(H,22,23). The molecule has 1 aliphatic rings. The summed E-state index contributed by atoms with van der Waals surface area (Å²) >= 11 is 1.58. The summed E-state index contributed by atoms with van der Waals surface area (Å²) in [5, 5.41) is 13.2. The minimum atomic E-state index is -0.139. The lowest BCUT2D eigenvalue weighted by Gasteiger charge is -2.20. The molecule has 0 aliphatic heterocycles. The number of thiophene rings is 1. The van der Waals surface area contributed by atoms with E-state index in [-0.39, 0.29) is 5.91 Å². The van der Waals surface area contributed by atoms with Gasteiger partial charge in [-0.25, -0.2) is 0 Å². The molecule has 0 saturated carbocycles. The summed E-state index contributed by atoms with van der Waals surface area (Å²) in [6.07, 6.45) is 4.29. The van der Waals surface area contributed by atoms with Crippen LogP contribution in [0.3, 0.4) is 0 Å². The molecule has 1 heterocycles. The van der Waals surface area contributed by atoms with Crippen molar-refractivity contribution in [2.45, 2.75) is 46.5 Å². The molecule has 0 radical (unpaired) electrons. The summed E-state index contributed by atoms with van der Waals surface area (Å²) in [5.74, 6) is 0.561. The van der Waals surface area contributed by atoms with Gasteiger partial charge in [0.15, 0.2) is 0 Å². The summed E-state index contributed by atoms with van der Waals surface area (Å²) in [5.41, 5.74) is 4.73. The normalized spacial score (nSPS) is 16.3. The van der Waals surface area contributed by atoms with E-state index >= 15 is 0 Å². The van der Waals surface area contributed by atoms with E-state index in [1.807, 2.05) is 32.0 Å². The number of nitrogens with zero attached hydrogens (tertiary/aromatic N) is 1. The Hall–Kier alpha value is -2.12. The molecule has 1 aliphatic carbocycles. The number of aryl methyl sites for hydroxylation is 2. The van der Waals surface area contributed by atoms with Crippen molar-refractivity contribution in [1.82, 2.24) is 0 Å². The van der Waals surface area contributed by atoms with E-state index in [1.165, 1.54) is 16.9 Å². The quantitative estimate of drug-likeness (QED) is 0.856. The molecule has 1 unspecified atom stereocenters. The number of amides is 1. The number of anilines is 1. The van der Waals surface area contributed by atoms with Gasteiger partial charge in [-0.2, -0.15) is 5.26 Å². The van der Waals surface area contributed by atoms with E-state index in [4.69, 9.17) is 0 Å². The lowest BCUT2D eigenvalue weighted by molar-refractivity contribution is 0.102. The molecule has 1 N–H and O–H groups in total. The maximum atomic E-state index is 12.6. The number of benzene rings is 1. The summed E-state index contributed by atoms with van der Waals surface area (Å²) in [4.78, 5) is 13.8. The van der Waals surface area contributed by atoms with Gasteiger partial charge in [0.25, 0.3) is 5.91 Å². The number of hydrogen-bond donors (Lipinski definition) is 1. The molecule has 1 aromatic carbocycles. The molecule has 0 saturated heterocycles. The minimum Gasteiger partial charge on any atom is -0.312 e. The van der Waals surface area contributed by atoms with Crippen LogP contribution < -0.4 is 5.32 Å². The molecule has 2 aromatic rings. The topological polar surface area (TPSA) is 52.9 Å². The van der Waals surface area contributed by atoms with Gasteiger partial charge >= 0.3 is 0 Å². The van der Waals surface area contributed by atoms with Crippen molar-refractivity contribution in [2.24, 2.45) is 5.92 Å². The number of carbonyl (C=O) groups is 1. The smallest absolute Gasteiger partial charge is 0.256 e. The van der Waals surface area contributed by atoms with Crippen LogP contribution >= 0.6 is 11.3 Å². The molecule has 124 valence electrons. The largest absolute Gasteiger partial charge is 0.312 e. The first-order valence-corrected chi connectivity index (χ1v) is 9.28. The molecule has 3 nitrogen and oxygen atoms in total. The number of nitriles is 1. The molecule has 0 bridgehead atoms. The van der Waals surface area contributed by atoms with Crippen molar-refractivity contribution in [3.8, 4) is 6.07 Å². The van der Waals surface area contributed by atoms with Crippen LogP contribution in [-0.2, 0) is 12.8 Å². The van der Waals surface area contributed by atoms with Crippen molar-refractivity contribution >= 4 is 22.2 Å². The van der Waals surface area contributed by atoms with Crippen LogP contribution in [-0.4, -0.2) is 5.91 Å². The molecule has 0 spiro atoms. The van der Waals surface area contributed by atoms with E-state index in [9.17, 15) is 10.1 Å². The zero-order valence-electron chi connectivity index (χ0n) is 14.4. The van der Waals surface area contributed by atoms with Gasteiger partial charge < -0.3 is 5.32 Å². The van der Waals surface area contributed by atoms with E-state index in [2.05, 4.69) is 18.3 Å². The van der Waals surface area contributed by atoms with Gasteiger partial charge in [0.1, 0.15) is 11.1 Å². The second-order valence-electron chi connectivity index (χ2n) is 6.59. The van der Waals surface area contributed by atoms with Gasteiger partial charge in [-0.05, 0) is 67.9 Å². The van der Waals surface area contributed by atoms with Crippen molar-refractivity contribution in [3.63, 3.8) is 0 Å². The Morgan fingerprint density at radius 3 is 2.83 bits per heavy atom. The highest BCUT2D eigenvalue weighted by Gasteiger charge is 2.25. The second kappa shape index (κ2) is 6.78. The van der Waals surface area contributed by atoms with E-state index in [1.54, 1.807) is 11.3 Å². The first-order valence-electron chi connectivity index (χ1n) is 8.46. The molecule has 4 heteroatoms. The van der Waals surface area contributed by atoms with E-state index in [0.717, 1.165) is 30.4 Å². The highest BCUT2D eigenvalue weighted by Crippen LogP contribution is 2.40. The summed E-state index contributed by atoms with van der Waals surface area (Å²) < 4.78 is 0. The number of carbonyl (C=O) groups excluding carboxylic acids is 1. The van der Waals surface area contributed by atoms with Crippen LogP contribution in [0.1, 0.15) is 57.3 Å². The molecule has 24 heavy (non-hydrogen) atoms. The number of fused-ring (bicyclic) bond motifs is 1. The third-order valence-corrected chi connectivity index (χ3v) is 6.22. The average Bonchev–Trinajstić information content (AvgIpc) is 2.93. The zero-order valence-corrected chi connectivity index (χ0v) is 15.2. The lowest BCUT2D eigenvalue weighted by atomic mass is 9.86. The van der Waals surface area contributed by atoms with Crippen LogP contribution in [0.4, 0.5) is 5.00 Å². The van der Waals surface area contributed by atoms with Crippen LogP contribution in [0.5, 0.6) is 0 Å². The van der Waals surface area contributed by atoms with E-state index in [0.29, 0.717) is 22.0 Å². The molecule has 0 fully saturated rings. The Morgan fingerprint density at radius 2 is 2.17 bits per heavy atom. The summed E-state index contributed by atoms with van der Waals surface area (Å²) in [6.45, 7) is 6.25. The Labute approximate surface area is 147 Å². The minimum absolute atomic E-state index is 0.139. The SMILES string of the molecule is CCC1CCc2c(sc(NC(=O)c3ccc(C)c(C)c3)c2C#N)C1. The maximum absolute atomic E-state index is 12.6. The molecule has 3 rings (SSSR count). The first-order chi connectivity index (χ1) is 11.5. The highest BCUT2D eigenvalue weighted by molar-refractivity contribution is 7.16. The van der Waals surface area contributed by atoms with Gasteiger partial charge in [0.2, 0.25) is 0 Å². The fraction of sp³-hybridized carbons (Fsp3) is 0.400. The van der Waals surface area contributed by atoms with Gasteiger partial charge in [0.05, 0.1) is 5.56 Å². The Balaban J connectivity index is 1.87. The summed E-state index contributed by atoms with van der Waals surface area (Å²) in [6, 6.07) is 8.01. The van der Waals surface area contributed by atoms with E-state index < -0.39 is 0 Å². The van der Waals surface area contributed by atoms with Crippen molar-refractivity contribution in [3.05, 3.63) is 50.9 Å². The molecular weight excluding hydrogens is 316 g/mol. The fourth-order valence-corrected chi connectivity index (χ4v) is 4.57. The molecular formula is C20H22N2OS.